The van der Waals surface area contributed by atoms with Gasteiger partial charge in [-0.2, -0.15) is 0 Å². The van der Waals surface area contributed by atoms with E-state index >= 15 is 0 Å². The van der Waals surface area contributed by atoms with Crippen molar-refractivity contribution < 1.29 is 29.3 Å². The number of rotatable bonds is 11. The van der Waals surface area contributed by atoms with E-state index in [1.54, 1.807) is 13.8 Å². The van der Waals surface area contributed by atoms with E-state index in [0.717, 1.165) is 0 Å². The summed E-state index contributed by atoms with van der Waals surface area (Å²) in [6.07, 6.45) is -0.0872. The number of ether oxygens (including phenoxy) is 1. The van der Waals surface area contributed by atoms with Gasteiger partial charge < -0.3 is 25.6 Å². The highest BCUT2D eigenvalue weighted by atomic mass is 16.5. The highest BCUT2D eigenvalue weighted by Gasteiger charge is 2.23. The maximum absolute atomic E-state index is 11.6. The Morgan fingerprint density at radius 1 is 1.10 bits per heavy atom. The van der Waals surface area contributed by atoms with E-state index in [4.69, 9.17) is 14.9 Å². The van der Waals surface area contributed by atoms with Crippen LogP contribution in [0.4, 0.5) is 0 Å². The fraction of sp³-hybridized carbons (Fsp3) is 0.769. The highest BCUT2D eigenvalue weighted by molar-refractivity contribution is 5.86. The second-order valence-electron chi connectivity index (χ2n) is 4.81. The molecule has 0 saturated carbocycles. The fourth-order valence-electron chi connectivity index (χ4n) is 1.50. The molecule has 1 unspecified atom stereocenters. The van der Waals surface area contributed by atoms with E-state index in [1.165, 1.54) is 0 Å². The van der Waals surface area contributed by atoms with Crippen molar-refractivity contribution in [2.45, 2.75) is 32.7 Å². The van der Waals surface area contributed by atoms with Crippen LogP contribution in [0.5, 0.6) is 0 Å². The van der Waals surface area contributed by atoms with Crippen LogP contribution in [0.15, 0.2) is 0 Å². The maximum Gasteiger partial charge on any atom is 0.326 e. The quantitative estimate of drug-likeness (QED) is 0.367. The summed E-state index contributed by atoms with van der Waals surface area (Å²) in [6, 6.07) is -0.951. The molecule has 8 heteroatoms. The van der Waals surface area contributed by atoms with Crippen molar-refractivity contribution in [2.75, 3.05) is 26.4 Å². The van der Waals surface area contributed by atoms with Crippen molar-refractivity contribution in [3.8, 4) is 0 Å². The molecule has 0 fully saturated rings. The molecular weight excluding hydrogens is 280 g/mol. The van der Waals surface area contributed by atoms with E-state index < -0.39 is 17.9 Å². The number of aliphatic carboxylic acids is 1. The van der Waals surface area contributed by atoms with E-state index in [0.29, 0.717) is 6.54 Å². The van der Waals surface area contributed by atoms with Crippen molar-refractivity contribution in [3.63, 3.8) is 0 Å². The minimum atomic E-state index is -1.09. The summed E-state index contributed by atoms with van der Waals surface area (Å²) in [5, 5.41) is 22.3. The first-order valence-corrected chi connectivity index (χ1v) is 6.86. The van der Waals surface area contributed by atoms with Crippen LogP contribution in [0.25, 0.3) is 0 Å². The normalized spacial score (nSPS) is 12.0. The standard InChI is InChI=1S/C13H24N2O6/c1-9(2)12(13(19)20)15-11(18)4-3-10(17)14-5-7-21-8-6-16/h9,12,16H,3-8H2,1-2H3,(H,14,17)(H,15,18)(H,19,20). The minimum Gasteiger partial charge on any atom is -0.480 e. The molecule has 0 heterocycles. The molecule has 0 bridgehead atoms. The molecule has 0 saturated heterocycles. The molecule has 122 valence electrons. The molecular formula is C13H24N2O6. The molecule has 4 N–H and O–H groups in total. The maximum atomic E-state index is 11.6. The van der Waals surface area contributed by atoms with Crippen LogP contribution in [-0.2, 0) is 19.1 Å². The molecule has 0 rings (SSSR count). The Kier molecular flexibility index (Phi) is 10.2. The van der Waals surface area contributed by atoms with Crippen molar-refractivity contribution in [3.05, 3.63) is 0 Å². The van der Waals surface area contributed by atoms with Crippen LogP contribution < -0.4 is 10.6 Å². The summed E-state index contributed by atoms with van der Waals surface area (Å²) in [6.45, 7) is 4.10. The molecule has 0 aromatic carbocycles. The Hall–Kier alpha value is -1.67. The predicted molar refractivity (Wildman–Crippen MR) is 74.6 cm³/mol. The number of aliphatic hydroxyl groups is 1. The third-order valence-electron chi connectivity index (χ3n) is 2.63. The average Bonchev–Trinajstić information content (AvgIpc) is 2.41. The first-order chi connectivity index (χ1) is 9.88. The lowest BCUT2D eigenvalue weighted by Gasteiger charge is -2.17. The van der Waals surface area contributed by atoms with Gasteiger partial charge in [-0.15, -0.1) is 0 Å². The SMILES string of the molecule is CC(C)C(NC(=O)CCC(=O)NCCOCCO)C(=O)O. The molecule has 0 aliphatic heterocycles. The van der Waals surface area contributed by atoms with Gasteiger partial charge in [-0.25, -0.2) is 4.79 Å². The molecule has 8 nitrogen and oxygen atoms in total. The highest BCUT2D eigenvalue weighted by Crippen LogP contribution is 2.02. The fourth-order valence-corrected chi connectivity index (χ4v) is 1.50. The lowest BCUT2D eigenvalue weighted by atomic mass is 10.0. The largest absolute Gasteiger partial charge is 0.480 e. The Labute approximate surface area is 123 Å². The third kappa shape index (κ3) is 9.80. The summed E-state index contributed by atoms with van der Waals surface area (Å²) in [7, 11) is 0. The van der Waals surface area contributed by atoms with Crippen LogP contribution in [0, 0.1) is 5.92 Å². The summed E-state index contributed by atoms with van der Waals surface area (Å²) < 4.78 is 4.95. The van der Waals surface area contributed by atoms with Gasteiger partial charge in [-0.1, -0.05) is 13.8 Å². The molecule has 0 aromatic rings. The number of carboxylic acids is 1. The number of hydrogen-bond acceptors (Lipinski definition) is 5. The van der Waals surface area contributed by atoms with E-state index in [1.807, 2.05) is 0 Å². The van der Waals surface area contributed by atoms with Gasteiger partial charge in [0.05, 0.1) is 19.8 Å². The lowest BCUT2D eigenvalue weighted by Crippen LogP contribution is -2.44. The van der Waals surface area contributed by atoms with Crippen LogP contribution >= 0.6 is 0 Å². The van der Waals surface area contributed by atoms with E-state index in [2.05, 4.69) is 10.6 Å². The smallest absolute Gasteiger partial charge is 0.326 e. The summed E-state index contributed by atoms with van der Waals surface area (Å²) in [5.41, 5.74) is 0. The Balaban J connectivity index is 3.86. The number of nitrogens with one attached hydrogen (secondary N) is 2. The molecule has 2 amide bonds. The van der Waals surface area contributed by atoms with Crippen molar-refractivity contribution in [1.29, 1.82) is 0 Å². The zero-order valence-corrected chi connectivity index (χ0v) is 12.4. The van der Waals surface area contributed by atoms with Crippen LogP contribution in [-0.4, -0.2) is 60.4 Å². The van der Waals surface area contributed by atoms with Gasteiger partial charge in [-0.3, -0.25) is 9.59 Å². The second kappa shape index (κ2) is 11.0. The summed E-state index contributed by atoms with van der Waals surface area (Å²) in [4.78, 5) is 33.9. The molecule has 0 aliphatic rings. The number of hydrogen-bond donors (Lipinski definition) is 4. The predicted octanol–water partition coefficient (Wildman–Crippen LogP) is -0.883. The van der Waals surface area contributed by atoms with Gasteiger partial charge in [-0.05, 0) is 5.92 Å². The Bertz CT molecular complexity index is 346. The minimum absolute atomic E-state index is 0.0176. The third-order valence-corrected chi connectivity index (χ3v) is 2.63. The van der Waals surface area contributed by atoms with Gasteiger partial charge >= 0.3 is 5.97 Å². The molecule has 21 heavy (non-hydrogen) atoms. The molecule has 1 atom stereocenters. The monoisotopic (exact) mass is 304 g/mol. The number of carboxylic acid groups (broad SMARTS) is 1. The lowest BCUT2D eigenvalue weighted by molar-refractivity contribution is -0.143. The Morgan fingerprint density at radius 3 is 2.24 bits per heavy atom. The van der Waals surface area contributed by atoms with Crippen LogP contribution in [0.2, 0.25) is 0 Å². The van der Waals surface area contributed by atoms with Crippen LogP contribution in [0.3, 0.4) is 0 Å². The van der Waals surface area contributed by atoms with Gasteiger partial charge in [0.25, 0.3) is 0 Å². The molecule has 0 aliphatic carbocycles. The van der Waals surface area contributed by atoms with Gasteiger partial charge in [0.15, 0.2) is 0 Å². The number of amides is 2. The van der Waals surface area contributed by atoms with Crippen molar-refractivity contribution in [2.24, 2.45) is 5.92 Å². The van der Waals surface area contributed by atoms with E-state index in [9.17, 15) is 14.4 Å². The molecule has 0 radical (unpaired) electrons. The first kappa shape index (κ1) is 19.3. The number of carbonyl (C=O) groups is 3. The summed E-state index contributed by atoms with van der Waals surface area (Å²) in [5.74, 6) is -2.11. The zero-order chi connectivity index (χ0) is 16.3. The van der Waals surface area contributed by atoms with Crippen molar-refractivity contribution >= 4 is 17.8 Å². The summed E-state index contributed by atoms with van der Waals surface area (Å²) >= 11 is 0. The van der Waals surface area contributed by atoms with Crippen LogP contribution in [0.1, 0.15) is 26.7 Å². The molecule has 0 aromatic heterocycles. The topological polar surface area (TPSA) is 125 Å². The van der Waals surface area contributed by atoms with Gasteiger partial charge in [0, 0.05) is 19.4 Å². The Morgan fingerprint density at radius 2 is 1.71 bits per heavy atom. The van der Waals surface area contributed by atoms with Crippen molar-refractivity contribution in [1.82, 2.24) is 10.6 Å². The second-order valence-corrected chi connectivity index (χ2v) is 4.81. The van der Waals surface area contributed by atoms with E-state index in [-0.39, 0.29) is 44.5 Å². The number of aliphatic hydroxyl groups excluding tert-OH is 1. The zero-order valence-electron chi connectivity index (χ0n) is 12.4. The average molecular weight is 304 g/mol. The van der Waals surface area contributed by atoms with Gasteiger partial charge in [0.1, 0.15) is 6.04 Å². The van der Waals surface area contributed by atoms with Gasteiger partial charge in [0.2, 0.25) is 11.8 Å². The molecule has 0 spiro atoms. The number of carbonyl (C=O) groups excluding carboxylic acids is 2. The first-order valence-electron chi connectivity index (χ1n) is 6.86.